The second-order valence-electron chi connectivity index (χ2n) is 6.94. The lowest BCUT2D eigenvalue weighted by Crippen LogP contribution is -2.27. The van der Waals surface area contributed by atoms with E-state index in [0.717, 1.165) is 5.56 Å². The molecule has 2 aromatic carbocycles. The Hall–Kier alpha value is -4.03. The maximum atomic E-state index is 12.3. The smallest absolute Gasteiger partial charge is 0.224 e. The minimum atomic E-state index is -0.699. The minimum absolute atomic E-state index is 0.0105. The molecule has 170 valence electrons. The van der Waals surface area contributed by atoms with Gasteiger partial charge in [-0.15, -0.1) is 0 Å². The van der Waals surface area contributed by atoms with Crippen molar-refractivity contribution in [3.63, 3.8) is 0 Å². The summed E-state index contributed by atoms with van der Waals surface area (Å²) in [5.41, 5.74) is 10.3. The van der Waals surface area contributed by atoms with Crippen molar-refractivity contribution < 1.29 is 10.0 Å². The Morgan fingerprint density at radius 3 is 2.58 bits per heavy atom. The standard InChI is InChI=1S/C22H22N7O3S/c23-12-11-15-7-9-16(10-8-15)19(14-24)20(27-28-22(25)33)5-2-6-21(30)26-17-3-1-4-18(13-17)29(31)32/h1,3-4,7-10,13,19,31H,2,5-6,11H2,(H,26,30)(H3,25,28,33)/q-1/b27-20+. The lowest BCUT2D eigenvalue weighted by atomic mass is 9.91. The van der Waals surface area contributed by atoms with E-state index in [1.165, 1.54) is 18.2 Å². The average Bonchev–Trinajstić information content (AvgIpc) is 2.78. The van der Waals surface area contributed by atoms with Crippen LogP contribution in [0.2, 0.25) is 0 Å². The molecule has 2 rings (SSSR count). The fourth-order valence-electron chi connectivity index (χ4n) is 3.01. The molecule has 10 nitrogen and oxygen atoms in total. The second kappa shape index (κ2) is 12.7. The molecular formula is C22H22N7O3S-. The Labute approximate surface area is 196 Å². The summed E-state index contributed by atoms with van der Waals surface area (Å²) in [6.07, 6.45) is 1.08. The summed E-state index contributed by atoms with van der Waals surface area (Å²) >= 11 is 4.79. The first-order valence-corrected chi connectivity index (χ1v) is 10.3. The van der Waals surface area contributed by atoms with Crippen LogP contribution in [0.25, 0.3) is 0 Å². The van der Waals surface area contributed by atoms with Gasteiger partial charge in [-0.3, -0.25) is 15.4 Å². The van der Waals surface area contributed by atoms with Crippen LogP contribution in [0.4, 0.5) is 11.4 Å². The van der Waals surface area contributed by atoms with Crippen LogP contribution in [0.1, 0.15) is 36.3 Å². The third kappa shape index (κ3) is 8.20. The number of carbonyl (C=O) groups is 1. The fraction of sp³-hybridized carbons (Fsp3) is 0.227. The van der Waals surface area contributed by atoms with Crippen LogP contribution >= 0.6 is 12.2 Å². The van der Waals surface area contributed by atoms with Crippen LogP contribution in [0.3, 0.4) is 0 Å². The highest BCUT2D eigenvalue weighted by Crippen LogP contribution is 2.22. The molecule has 2 aromatic rings. The topological polar surface area (TPSA) is 174 Å². The second-order valence-corrected chi connectivity index (χ2v) is 7.38. The van der Waals surface area contributed by atoms with Gasteiger partial charge >= 0.3 is 0 Å². The van der Waals surface area contributed by atoms with Crippen LogP contribution in [-0.4, -0.2) is 21.9 Å². The summed E-state index contributed by atoms with van der Waals surface area (Å²) < 4.78 is 0. The highest BCUT2D eigenvalue weighted by Gasteiger charge is 2.19. The Bertz CT molecular complexity index is 1090. The first-order valence-electron chi connectivity index (χ1n) is 9.87. The summed E-state index contributed by atoms with van der Waals surface area (Å²) in [6, 6.07) is 17.2. The number of carbonyl (C=O) groups excluding carboxylic acids is 1. The number of nitriles is 2. The predicted octanol–water partition coefficient (Wildman–Crippen LogP) is 3.05. The SMILES string of the molecule is N#CCc1ccc(C(C#N)/C(CCCC(=O)Nc2cccc(N([O-])O)c2)=N/NC(N)=S)cc1. The van der Waals surface area contributed by atoms with E-state index in [1.54, 1.807) is 30.3 Å². The van der Waals surface area contributed by atoms with Gasteiger partial charge in [-0.1, -0.05) is 30.3 Å². The molecule has 33 heavy (non-hydrogen) atoms. The molecule has 0 saturated heterocycles. The molecule has 1 atom stereocenters. The van der Waals surface area contributed by atoms with E-state index in [4.69, 9.17) is 28.4 Å². The van der Waals surface area contributed by atoms with Gasteiger partial charge in [0.05, 0.1) is 30.0 Å². The summed E-state index contributed by atoms with van der Waals surface area (Å²) in [6.45, 7) is 0. The van der Waals surface area contributed by atoms with Gasteiger partial charge in [0.25, 0.3) is 0 Å². The third-order valence-corrected chi connectivity index (χ3v) is 4.65. The quantitative estimate of drug-likeness (QED) is 0.234. The van der Waals surface area contributed by atoms with Crippen molar-refractivity contribution in [2.75, 3.05) is 10.5 Å². The molecule has 0 radical (unpaired) electrons. The average molecular weight is 465 g/mol. The zero-order valence-electron chi connectivity index (χ0n) is 17.6. The number of thiocarbonyl (C=S) groups is 1. The number of amides is 1. The van der Waals surface area contributed by atoms with Crippen molar-refractivity contribution in [2.45, 2.75) is 31.6 Å². The third-order valence-electron chi connectivity index (χ3n) is 4.56. The van der Waals surface area contributed by atoms with E-state index < -0.39 is 5.92 Å². The van der Waals surface area contributed by atoms with Crippen molar-refractivity contribution in [1.29, 1.82) is 10.5 Å². The van der Waals surface area contributed by atoms with Gasteiger partial charge in [-0.25, -0.2) is 0 Å². The van der Waals surface area contributed by atoms with E-state index in [1.807, 2.05) is 0 Å². The fourth-order valence-corrected chi connectivity index (χ4v) is 3.05. The minimum Gasteiger partial charge on any atom is -0.733 e. The molecule has 0 saturated carbocycles. The lowest BCUT2D eigenvalue weighted by Gasteiger charge is -2.22. The van der Waals surface area contributed by atoms with Gasteiger partial charge in [-0.2, -0.15) is 15.6 Å². The first-order chi connectivity index (χ1) is 15.8. The molecule has 0 aliphatic heterocycles. The number of hydrazone groups is 1. The zero-order chi connectivity index (χ0) is 24.2. The highest BCUT2D eigenvalue weighted by atomic mass is 32.1. The molecule has 0 heterocycles. The van der Waals surface area contributed by atoms with Crippen LogP contribution in [0, 0.1) is 27.9 Å². The van der Waals surface area contributed by atoms with Gasteiger partial charge in [0, 0.05) is 12.1 Å². The largest absolute Gasteiger partial charge is 0.733 e. The predicted molar refractivity (Wildman–Crippen MR) is 128 cm³/mol. The summed E-state index contributed by atoms with van der Waals surface area (Å²) in [4.78, 5) is 12.3. The Balaban J connectivity index is 2.05. The summed E-state index contributed by atoms with van der Waals surface area (Å²) in [7, 11) is 0. The number of hydrogen-bond donors (Lipinski definition) is 4. The molecule has 0 spiro atoms. The van der Waals surface area contributed by atoms with Gasteiger partial charge in [0.2, 0.25) is 5.91 Å². The molecule has 0 aliphatic carbocycles. The molecule has 0 fully saturated rings. The van der Waals surface area contributed by atoms with Crippen molar-refractivity contribution >= 4 is 40.3 Å². The van der Waals surface area contributed by atoms with Gasteiger partial charge in [0.15, 0.2) is 5.11 Å². The molecule has 5 N–H and O–H groups in total. The molecule has 1 amide bonds. The van der Waals surface area contributed by atoms with Crippen LogP contribution in [0.15, 0.2) is 53.6 Å². The number of nitrogens with zero attached hydrogens (tertiary/aromatic N) is 4. The first kappa shape index (κ1) is 25.2. The Morgan fingerprint density at radius 2 is 1.97 bits per heavy atom. The number of anilines is 2. The molecular weight excluding hydrogens is 442 g/mol. The van der Waals surface area contributed by atoms with Gasteiger partial charge in [0.1, 0.15) is 5.92 Å². The molecule has 0 bridgehead atoms. The summed E-state index contributed by atoms with van der Waals surface area (Å²) in [5.74, 6) is -1.01. The van der Waals surface area contributed by atoms with Crippen molar-refractivity contribution in [2.24, 2.45) is 10.8 Å². The van der Waals surface area contributed by atoms with E-state index >= 15 is 0 Å². The molecule has 1 unspecified atom stereocenters. The maximum absolute atomic E-state index is 12.3. The van der Waals surface area contributed by atoms with Crippen LogP contribution in [0.5, 0.6) is 0 Å². The van der Waals surface area contributed by atoms with Crippen molar-refractivity contribution in [3.8, 4) is 12.1 Å². The van der Waals surface area contributed by atoms with E-state index in [-0.39, 0.29) is 34.8 Å². The monoisotopic (exact) mass is 464 g/mol. The summed E-state index contributed by atoms with van der Waals surface area (Å²) in [5, 5.41) is 45.0. The van der Waals surface area contributed by atoms with Gasteiger partial charge in [-0.05, 0) is 54.4 Å². The Kier molecular flexibility index (Phi) is 9.74. The van der Waals surface area contributed by atoms with E-state index in [2.05, 4.69) is 28.0 Å². The molecule has 0 aromatic heterocycles. The van der Waals surface area contributed by atoms with E-state index in [9.17, 15) is 15.3 Å². The number of benzene rings is 2. The van der Waals surface area contributed by atoms with E-state index in [0.29, 0.717) is 29.8 Å². The maximum Gasteiger partial charge on any atom is 0.224 e. The van der Waals surface area contributed by atoms with Crippen LogP contribution < -0.4 is 21.7 Å². The molecule has 0 aliphatic rings. The Morgan fingerprint density at radius 1 is 1.24 bits per heavy atom. The zero-order valence-corrected chi connectivity index (χ0v) is 18.4. The van der Waals surface area contributed by atoms with Crippen LogP contribution in [-0.2, 0) is 11.2 Å². The number of nitrogens with two attached hydrogens (primary N) is 1. The van der Waals surface area contributed by atoms with Crippen molar-refractivity contribution in [1.82, 2.24) is 5.43 Å². The number of hydrogen-bond acceptors (Lipinski definition) is 8. The number of nitrogens with one attached hydrogen (secondary N) is 2. The van der Waals surface area contributed by atoms with Crippen molar-refractivity contribution in [3.05, 3.63) is 64.9 Å². The number of rotatable bonds is 10. The molecule has 11 heteroatoms. The lowest BCUT2D eigenvalue weighted by molar-refractivity contribution is -0.116. The van der Waals surface area contributed by atoms with Gasteiger partial charge < -0.3 is 21.5 Å². The highest BCUT2D eigenvalue weighted by molar-refractivity contribution is 7.80. The normalized spacial score (nSPS) is 11.6.